The van der Waals surface area contributed by atoms with Gasteiger partial charge in [0.15, 0.2) is 5.78 Å². The molecule has 0 aliphatic carbocycles. The summed E-state index contributed by atoms with van der Waals surface area (Å²) < 4.78 is 0. The second-order valence-electron chi connectivity index (χ2n) is 2.00. The highest BCUT2D eigenvalue weighted by Gasteiger charge is 2.03. The Labute approximate surface area is 69.4 Å². The molecule has 3 nitrogen and oxygen atoms in total. The van der Waals surface area contributed by atoms with Crippen molar-refractivity contribution in [1.29, 1.82) is 0 Å². The molecule has 1 aromatic rings. The molecule has 0 aromatic carbocycles. The first-order valence-corrected chi connectivity index (χ1v) is 3.62. The van der Waals surface area contributed by atoms with Gasteiger partial charge < -0.3 is 0 Å². The number of aromatic nitrogens is 2. The molecule has 0 N–H and O–H groups in total. The highest BCUT2D eigenvalue weighted by molar-refractivity contribution is 6.29. The van der Waals surface area contributed by atoms with Crippen molar-refractivity contribution in [3.8, 4) is 0 Å². The number of halogens is 1. The molecular formula is C7H7ClN2O. The van der Waals surface area contributed by atoms with Crippen LogP contribution in [0.15, 0.2) is 12.4 Å². The molecule has 0 aliphatic rings. The lowest BCUT2D eigenvalue weighted by Gasteiger charge is -1.94. The number of Topliss-reactive ketones (excluding diaryl/α,β-unsaturated/α-hetero) is 1. The van der Waals surface area contributed by atoms with Crippen molar-refractivity contribution in [2.24, 2.45) is 0 Å². The minimum Gasteiger partial charge on any atom is -0.292 e. The van der Waals surface area contributed by atoms with Gasteiger partial charge >= 0.3 is 0 Å². The first-order valence-electron chi connectivity index (χ1n) is 3.24. The number of hydrogen-bond donors (Lipinski definition) is 0. The Morgan fingerprint density at radius 1 is 1.55 bits per heavy atom. The zero-order chi connectivity index (χ0) is 8.27. The van der Waals surface area contributed by atoms with Crippen LogP contribution in [0.4, 0.5) is 0 Å². The summed E-state index contributed by atoms with van der Waals surface area (Å²) in [5.74, 6) is -0.0193. The van der Waals surface area contributed by atoms with Crippen LogP contribution in [0.3, 0.4) is 0 Å². The number of carbonyl (C=O) groups is 1. The van der Waals surface area contributed by atoms with Crippen molar-refractivity contribution in [2.45, 2.75) is 13.3 Å². The normalized spacial score (nSPS) is 9.64. The first-order chi connectivity index (χ1) is 5.24. The van der Waals surface area contributed by atoms with Crippen molar-refractivity contribution in [2.75, 3.05) is 0 Å². The Morgan fingerprint density at radius 3 is 2.73 bits per heavy atom. The summed E-state index contributed by atoms with van der Waals surface area (Å²) in [6.45, 7) is 1.78. The lowest BCUT2D eigenvalue weighted by molar-refractivity contribution is 0.0983. The summed E-state index contributed by atoms with van der Waals surface area (Å²) in [7, 11) is 0. The monoisotopic (exact) mass is 170 g/mol. The maximum atomic E-state index is 11.0. The zero-order valence-corrected chi connectivity index (χ0v) is 6.80. The van der Waals surface area contributed by atoms with Gasteiger partial charge in [0.1, 0.15) is 10.8 Å². The third kappa shape index (κ3) is 1.98. The summed E-state index contributed by atoms with van der Waals surface area (Å²) in [5, 5.41) is 0.303. The van der Waals surface area contributed by atoms with Gasteiger partial charge in [-0.1, -0.05) is 18.5 Å². The van der Waals surface area contributed by atoms with E-state index in [0.29, 0.717) is 17.3 Å². The van der Waals surface area contributed by atoms with E-state index < -0.39 is 0 Å². The maximum Gasteiger partial charge on any atom is 0.182 e. The quantitative estimate of drug-likeness (QED) is 0.635. The van der Waals surface area contributed by atoms with E-state index >= 15 is 0 Å². The largest absolute Gasteiger partial charge is 0.292 e. The molecule has 0 atom stereocenters. The Hall–Kier alpha value is -0.960. The van der Waals surface area contributed by atoms with Crippen molar-refractivity contribution in [3.63, 3.8) is 0 Å². The van der Waals surface area contributed by atoms with E-state index in [1.54, 1.807) is 6.92 Å². The van der Waals surface area contributed by atoms with Gasteiger partial charge in [-0.05, 0) is 0 Å². The molecule has 1 heterocycles. The van der Waals surface area contributed by atoms with Crippen molar-refractivity contribution < 1.29 is 4.79 Å². The Balaban J connectivity index is 2.90. The minimum absolute atomic E-state index is 0.0193. The number of carbonyl (C=O) groups excluding carboxylic acids is 1. The van der Waals surface area contributed by atoms with Gasteiger partial charge in [-0.25, -0.2) is 9.97 Å². The van der Waals surface area contributed by atoms with Crippen molar-refractivity contribution in [3.05, 3.63) is 23.2 Å². The molecular weight excluding hydrogens is 164 g/mol. The predicted octanol–water partition coefficient (Wildman–Crippen LogP) is 1.72. The summed E-state index contributed by atoms with van der Waals surface area (Å²) >= 11 is 5.47. The molecule has 1 aromatic heterocycles. The average Bonchev–Trinajstić information content (AvgIpc) is 2.05. The Bertz CT molecular complexity index is 258. The van der Waals surface area contributed by atoms with E-state index in [1.807, 2.05) is 0 Å². The van der Waals surface area contributed by atoms with Gasteiger partial charge in [0.25, 0.3) is 0 Å². The Kier molecular flexibility index (Phi) is 2.54. The average molecular weight is 171 g/mol. The molecule has 0 bridgehead atoms. The molecule has 0 saturated carbocycles. The van der Waals surface area contributed by atoms with Crippen LogP contribution >= 0.6 is 11.6 Å². The summed E-state index contributed by atoms with van der Waals surface area (Å²) in [6.07, 6.45) is 3.19. The van der Waals surface area contributed by atoms with Crippen molar-refractivity contribution >= 4 is 17.4 Å². The Morgan fingerprint density at radius 2 is 2.27 bits per heavy atom. The highest BCUT2D eigenvalue weighted by Crippen LogP contribution is 2.02. The van der Waals surface area contributed by atoms with Crippen LogP contribution in [0.25, 0.3) is 0 Å². The second kappa shape index (κ2) is 3.44. The third-order valence-electron chi connectivity index (χ3n) is 1.23. The van der Waals surface area contributed by atoms with E-state index in [0.717, 1.165) is 0 Å². The number of ketones is 1. The van der Waals surface area contributed by atoms with Crippen LogP contribution in [0.5, 0.6) is 0 Å². The molecule has 4 heteroatoms. The van der Waals surface area contributed by atoms with E-state index in [-0.39, 0.29) is 5.78 Å². The van der Waals surface area contributed by atoms with Gasteiger partial charge in [0.05, 0.1) is 12.4 Å². The van der Waals surface area contributed by atoms with Gasteiger partial charge in [-0.3, -0.25) is 4.79 Å². The maximum absolute atomic E-state index is 11.0. The van der Waals surface area contributed by atoms with Crippen molar-refractivity contribution in [1.82, 2.24) is 9.97 Å². The van der Waals surface area contributed by atoms with Gasteiger partial charge in [-0.15, -0.1) is 0 Å². The summed E-state index contributed by atoms with van der Waals surface area (Å²) in [5.41, 5.74) is 0.372. The molecule has 0 fully saturated rings. The van der Waals surface area contributed by atoms with Crippen LogP contribution in [0, 0.1) is 0 Å². The third-order valence-corrected chi connectivity index (χ3v) is 1.42. The zero-order valence-electron chi connectivity index (χ0n) is 6.04. The molecule has 0 saturated heterocycles. The second-order valence-corrected chi connectivity index (χ2v) is 2.39. The molecule has 58 valence electrons. The van der Waals surface area contributed by atoms with Crippen LogP contribution in [-0.4, -0.2) is 15.8 Å². The van der Waals surface area contributed by atoms with E-state index in [4.69, 9.17) is 11.6 Å². The molecule has 11 heavy (non-hydrogen) atoms. The van der Waals surface area contributed by atoms with E-state index in [9.17, 15) is 4.79 Å². The highest BCUT2D eigenvalue weighted by atomic mass is 35.5. The predicted molar refractivity (Wildman–Crippen MR) is 41.7 cm³/mol. The van der Waals surface area contributed by atoms with E-state index in [2.05, 4.69) is 9.97 Å². The fourth-order valence-corrected chi connectivity index (χ4v) is 0.735. The van der Waals surface area contributed by atoms with Crippen LogP contribution in [0.1, 0.15) is 23.8 Å². The molecule has 0 spiro atoms. The molecule has 1 rings (SSSR count). The number of hydrogen-bond acceptors (Lipinski definition) is 3. The number of rotatable bonds is 2. The van der Waals surface area contributed by atoms with Gasteiger partial charge in [-0.2, -0.15) is 0 Å². The van der Waals surface area contributed by atoms with Crippen LogP contribution in [0.2, 0.25) is 5.15 Å². The van der Waals surface area contributed by atoms with Gasteiger partial charge in [0.2, 0.25) is 0 Å². The molecule has 0 radical (unpaired) electrons. The van der Waals surface area contributed by atoms with E-state index in [1.165, 1.54) is 12.4 Å². The van der Waals surface area contributed by atoms with Crippen LogP contribution in [-0.2, 0) is 0 Å². The molecule has 0 amide bonds. The first kappa shape index (κ1) is 8.14. The molecule has 0 aliphatic heterocycles. The molecule has 0 unspecified atom stereocenters. The topological polar surface area (TPSA) is 42.9 Å². The fourth-order valence-electron chi connectivity index (χ4n) is 0.637. The SMILES string of the molecule is CCC(=O)c1cnc(Cl)cn1. The number of nitrogens with zero attached hydrogens (tertiary/aromatic N) is 2. The fraction of sp³-hybridized carbons (Fsp3) is 0.286. The lowest BCUT2D eigenvalue weighted by atomic mass is 10.2. The van der Waals surface area contributed by atoms with Gasteiger partial charge in [0, 0.05) is 6.42 Å². The minimum atomic E-state index is -0.0193. The lowest BCUT2D eigenvalue weighted by Crippen LogP contribution is -2.00. The standard InChI is InChI=1S/C7H7ClN2O/c1-2-6(11)5-3-10-7(8)4-9-5/h3-4H,2H2,1H3. The van der Waals surface area contributed by atoms with Crippen LogP contribution < -0.4 is 0 Å². The summed E-state index contributed by atoms with van der Waals surface area (Å²) in [4.78, 5) is 18.5. The summed E-state index contributed by atoms with van der Waals surface area (Å²) in [6, 6.07) is 0. The smallest absolute Gasteiger partial charge is 0.182 e.